The summed E-state index contributed by atoms with van der Waals surface area (Å²) < 4.78 is 0. The summed E-state index contributed by atoms with van der Waals surface area (Å²) in [6.45, 7) is 7.31. The molecule has 0 aliphatic carbocycles. The van der Waals surface area contributed by atoms with Crippen molar-refractivity contribution in [2.45, 2.75) is 13.8 Å². The average Bonchev–Trinajstić information content (AvgIpc) is 2.18. The summed E-state index contributed by atoms with van der Waals surface area (Å²) in [5.41, 5.74) is 1.45. The Morgan fingerprint density at radius 2 is 2.43 bits per heavy atom. The molecule has 0 unspecified atom stereocenters. The highest BCUT2D eigenvalue weighted by atomic mass is 16.2. The van der Waals surface area contributed by atoms with E-state index in [0.29, 0.717) is 5.70 Å². The molecule has 4 heteroatoms. The Labute approximate surface area is 83.3 Å². The van der Waals surface area contributed by atoms with Crippen LogP contribution >= 0.6 is 0 Å². The largest absolute Gasteiger partial charge is 0.310 e. The van der Waals surface area contributed by atoms with Gasteiger partial charge in [-0.2, -0.15) is 5.10 Å². The van der Waals surface area contributed by atoms with Crippen LogP contribution in [0.5, 0.6) is 0 Å². The van der Waals surface area contributed by atoms with Gasteiger partial charge in [-0.1, -0.05) is 18.7 Å². The lowest BCUT2D eigenvalue weighted by molar-refractivity contribution is -0.117. The Balaban J connectivity index is 2.97. The molecule has 0 fully saturated rings. The van der Waals surface area contributed by atoms with E-state index in [-0.39, 0.29) is 5.91 Å². The van der Waals surface area contributed by atoms with E-state index >= 15 is 0 Å². The molecule has 0 spiro atoms. The van der Waals surface area contributed by atoms with Crippen molar-refractivity contribution in [2.24, 2.45) is 5.10 Å². The topological polar surface area (TPSA) is 44.7 Å². The van der Waals surface area contributed by atoms with Crippen molar-refractivity contribution >= 4 is 12.2 Å². The highest BCUT2D eigenvalue weighted by Gasteiger charge is 2.16. The Bertz CT molecular complexity index is 339. The van der Waals surface area contributed by atoms with Crippen LogP contribution < -0.4 is 5.32 Å². The summed E-state index contributed by atoms with van der Waals surface area (Å²) in [5.74, 6) is -0.157. The van der Waals surface area contributed by atoms with Gasteiger partial charge < -0.3 is 5.32 Å². The minimum Gasteiger partial charge on any atom is -0.310 e. The third-order valence-electron chi connectivity index (χ3n) is 1.78. The second-order valence-corrected chi connectivity index (χ2v) is 2.81. The van der Waals surface area contributed by atoms with Crippen molar-refractivity contribution in [1.29, 1.82) is 0 Å². The molecule has 1 rings (SSSR count). The summed E-state index contributed by atoms with van der Waals surface area (Å²) in [7, 11) is 0. The number of allylic oxidation sites excluding steroid dienone is 3. The molecule has 0 aromatic carbocycles. The second-order valence-electron chi connectivity index (χ2n) is 2.81. The first kappa shape index (κ1) is 10.2. The molecule has 0 bridgehead atoms. The highest BCUT2D eigenvalue weighted by Crippen LogP contribution is 2.11. The first-order valence-corrected chi connectivity index (χ1v) is 4.28. The molecule has 1 aliphatic heterocycles. The van der Waals surface area contributed by atoms with Gasteiger partial charge in [0.05, 0.1) is 0 Å². The minimum atomic E-state index is -0.157. The van der Waals surface area contributed by atoms with E-state index < -0.39 is 0 Å². The maximum atomic E-state index is 11.3. The van der Waals surface area contributed by atoms with Gasteiger partial charge in [0, 0.05) is 6.20 Å². The fourth-order valence-electron chi connectivity index (χ4n) is 1.00. The number of carbonyl (C=O) groups excluding carboxylic acids is 1. The van der Waals surface area contributed by atoms with Crippen LogP contribution in [0.25, 0.3) is 0 Å². The molecule has 0 atom stereocenters. The second kappa shape index (κ2) is 4.41. The van der Waals surface area contributed by atoms with Gasteiger partial charge in [0.25, 0.3) is 5.91 Å². The number of amides is 1. The molecule has 14 heavy (non-hydrogen) atoms. The van der Waals surface area contributed by atoms with Crippen molar-refractivity contribution in [3.63, 3.8) is 0 Å². The lowest BCUT2D eigenvalue weighted by atomic mass is 10.3. The Morgan fingerprint density at radius 3 is 3.00 bits per heavy atom. The molecule has 0 saturated carbocycles. The van der Waals surface area contributed by atoms with Crippen LogP contribution in [0.4, 0.5) is 0 Å². The number of nitrogens with zero attached hydrogens (tertiary/aromatic N) is 2. The van der Waals surface area contributed by atoms with Crippen LogP contribution in [0.3, 0.4) is 0 Å². The van der Waals surface area contributed by atoms with E-state index in [9.17, 15) is 4.79 Å². The van der Waals surface area contributed by atoms with Gasteiger partial charge in [0.2, 0.25) is 0 Å². The first-order chi connectivity index (χ1) is 6.69. The Morgan fingerprint density at radius 1 is 1.71 bits per heavy atom. The number of hydrogen-bond donors (Lipinski definition) is 1. The fraction of sp³-hybridized carbons (Fsp3) is 0.200. The van der Waals surface area contributed by atoms with Crippen LogP contribution in [0.15, 0.2) is 41.3 Å². The van der Waals surface area contributed by atoms with Crippen LogP contribution in [-0.4, -0.2) is 17.3 Å². The lowest BCUT2D eigenvalue weighted by Gasteiger charge is -2.20. The van der Waals surface area contributed by atoms with E-state index in [1.807, 2.05) is 6.92 Å². The molecule has 1 amide bonds. The molecule has 0 saturated heterocycles. The maximum absolute atomic E-state index is 11.3. The third-order valence-corrected chi connectivity index (χ3v) is 1.78. The van der Waals surface area contributed by atoms with E-state index in [1.54, 1.807) is 25.3 Å². The number of carbonyl (C=O) groups is 1. The average molecular weight is 191 g/mol. The van der Waals surface area contributed by atoms with Gasteiger partial charge in [-0.15, -0.1) is 0 Å². The smallest absolute Gasteiger partial charge is 0.274 e. The monoisotopic (exact) mass is 191 g/mol. The van der Waals surface area contributed by atoms with Gasteiger partial charge in [0.1, 0.15) is 12.0 Å². The van der Waals surface area contributed by atoms with Gasteiger partial charge in [-0.3, -0.25) is 4.79 Å². The normalized spacial score (nSPS) is 19.9. The van der Waals surface area contributed by atoms with Gasteiger partial charge >= 0.3 is 0 Å². The number of rotatable bonds is 2. The first-order valence-electron chi connectivity index (χ1n) is 4.28. The lowest BCUT2D eigenvalue weighted by Crippen LogP contribution is -2.35. The van der Waals surface area contributed by atoms with Crippen molar-refractivity contribution in [1.82, 2.24) is 10.3 Å². The molecular weight excluding hydrogens is 178 g/mol. The molecule has 1 aliphatic rings. The van der Waals surface area contributed by atoms with E-state index in [0.717, 1.165) is 5.57 Å². The van der Waals surface area contributed by atoms with Gasteiger partial charge in [-0.25, -0.2) is 5.01 Å². The summed E-state index contributed by atoms with van der Waals surface area (Å²) >= 11 is 0. The van der Waals surface area contributed by atoms with E-state index in [1.165, 1.54) is 11.3 Å². The number of hydrazone groups is 1. The summed E-state index contributed by atoms with van der Waals surface area (Å²) in [5, 5.41) is 8.04. The summed E-state index contributed by atoms with van der Waals surface area (Å²) in [4.78, 5) is 11.3. The van der Waals surface area contributed by atoms with Gasteiger partial charge in [-0.05, 0) is 19.4 Å². The molecule has 74 valence electrons. The van der Waals surface area contributed by atoms with E-state index in [2.05, 4.69) is 17.0 Å². The number of hydrogen-bond acceptors (Lipinski definition) is 3. The molecule has 1 heterocycles. The standard InChI is InChI=1S/C10H13N3O/c1-4-8(3)6-13-9(5-2)10(14)11-7-12-13/h4-7H,1H2,2-3H3,(H,11,12,14)/b8-6+,9-5+. The van der Waals surface area contributed by atoms with E-state index in [4.69, 9.17) is 0 Å². The Kier molecular flexibility index (Phi) is 3.23. The van der Waals surface area contributed by atoms with Crippen molar-refractivity contribution < 1.29 is 4.79 Å². The van der Waals surface area contributed by atoms with Crippen LogP contribution in [0.1, 0.15) is 13.8 Å². The van der Waals surface area contributed by atoms with Crippen LogP contribution in [-0.2, 0) is 4.79 Å². The fourth-order valence-corrected chi connectivity index (χ4v) is 1.00. The predicted molar refractivity (Wildman–Crippen MR) is 56.2 cm³/mol. The van der Waals surface area contributed by atoms with Crippen LogP contribution in [0.2, 0.25) is 0 Å². The third kappa shape index (κ3) is 2.10. The molecular formula is C10H13N3O. The Hall–Kier alpha value is -1.84. The van der Waals surface area contributed by atoms with Crippen molar-refractivity contribution in [3.05, 3.63) is 36.2 Å². The van der Waals surface area contributed by atoms with Crippen molar-refractivity contribution in [2.75, 3.05) is 0 Å². The minimum absolute atomic E-state index is 0.157. The molecule has 0 aromatic rings. The van der Waals surface area contributed by atoms with Gasteiger partial charge in [0.15, 0.2) is 0 Å². The summed E-state index contributed by atoms with van der Waals surface area (Å²) in [6.07, 6.45) is 6.52. The zero-order valence-corrected chi connectivity index (χ0v) is 8.32. The quantitative estimate of drug-likeness (QED) is 0.529. The zero-order chi connectivity index (χ0) is 10.6. The van der Waals surface area contributed by atoms with Crippen LogP contribution in [0, 0.1) is 0 Å². The number of nitrogens with one attached hydrogen (secondary N) is 1. The van der Waals surface area contributed by atoms with Crippen molar-refractivity contribution in [3.8, 4) is 0 Å². The maximum Gasteiger partial charge on any atom is 0.274 e. The molecule has 0 aromatic heterocycles. The molecule has 4 nitrogen and oxygen atoms in total. The highest BCUT2D eigenvalue weighted by molar-refractivity contribution is 6.01. The molecule has 0 radical (unpaired) electrons. The zero-order valence-electron chi connectivity index (χ0n) is 8.32. The summed E-state index contributed by atoms with van der Waals surface area (Å²) in [6, 6.07) is 0. The molecule has 1 N–H and O–H groups in total. The predicted octanol–water partition coefficient (Wildman–Crippen LogP) is 1.36. The SMILES string of the molecule is C=C/C(C)=C/N1N=CNC(=O)/C1=C\C.